The predicted molar refractivity (Wildman–Crippen MR) is 50.3 cm³/mol. The van der Waals surface area contributed by atoms with Crippen molar-refractivity contribution < 1.29 is 19.1 Å². The Balaban J connectivity index is 2.48. The maximum Gasteiger partial charge on any atom is 0.338 e. The summed E-state index contributed by atoms with van der Waals surface area (Å²) in [5.74, 6) is -0.154. The Morgan fingerprint density at radius 3 is 2.93 bits per heavy atom. The number of esters is 1. The van der Waals surface area contributed by atoms with Crippen LogP contribution in [0.2, 0.25) is 0 Å². The van der Waals surface area contributed by atoms with Crippen molar-refractivity contribution in [3.05, 3.63) is 0 Å². The van der Waals surface area contributed by atoms with Crippen LogP contribution in [0.15, 0.2) is 0 Å². The summed E-state index contributed by atoms with van der Waals surface area (Å²) < 4.78 is 10.0. The first-order valence-corrected chi connectivity index (χ1v) is 5.01. The lowest BCUT2D eigenvalue weighted by Gasteiger charge is -2.30. The Labute approximate surface area is 87.5 Å². The van der Waals surface area contributed by atoms with Crippen LogP contribution in [-0.4, -0.2) is 36.4 Å². The molecule has 0 aromatic rings. The molecule has 1 aliphatic rings. The van der Waals surface area contributed by atoms with E-state index in [9.17, 15) is 9.59 Å². The normalized spacial score (nSPS) is 27.4. The second-order valence-electron chi connectivity index (χ2n) is 3.38. The predicted octanol–water partition coefficient (Wildman–Crippen LogP) is 0.907. The topological polar surface area (TPSA) is 52.6 Å². The van der Waals surface area contributed by atoms with Gasteiger partial charge in [0, 0.05) is 6.42 Å². The first kappa shape index (κ1) is 11.5. The Bertz CT molecular complexity index is 229. The van der Waals surface area contributed by atoms with Gasteiger partial charge in [0.2, 0.25) is 0 Å². The average Bonchev–Trinajstić information content (AvgIpc) is 2.19. The standard InChI is InChI=1S/C9H13ClO4/c1-9(8(12)13-5-4-10)3-2-7(11)6-14-9/h2-6H2,1H3. The molecule has 1 saturated heterocycles. The number of rotatable bonds is 3. The van der Waals surface area contributed by atoms with Gasteiger partial charge in [-0.3, -0.25) is 4.79 Å². The highest BCUT2D eigenvalue weighted by molar-refractivity contribution is 6.18. The number of ether oxygens (including phenoxy) is 2. The highest BCUT2D eigenvalue weighted by Gasteiger charge is 2.39. The van der Waals surface area contributed by atoms with Gasteiger partial charge in [0.15, 0.2) is 11.4 Å². The highest BCUT2D eigenvalue weighted by atomic mass is 35.5. The molecule has 0 amide bonds. The van der Waals surface area contributed by atoms with E-state index in [1.165, 1.54) is 0 Å². The number of hydrogen-bond acceptors (Lipinski definition) is 4. The van der Waals surface area contributed by atoms with Crippen molar-refractivity contribution in [2.45, 2.75) is 25.4 Å². The summed E-state index contributed by atoms with van der Waals surface area (Å²) in [6, 6.07) is 0. The van der Waals surface area contributed by atoms with E-state index in [4.69, 9.17) is 21.1 Å². The van der Waals surface area contributed by atoms with E-state index in [1.54, 1.807) is 6.92 Å². The maximum atomic E-state index is 11.5. The van der Waals surface area contributed by atoms with Crippen LogP contribution in [0.25, 0.3) is 0 Å². The Morgan fingerprint density at radius 2 is 2.43 bits per heavy atom. The molecule has 1 aliphatic heterocycles. The van der Waals surface area contributed by atoms with E-state index in [2.05, 4.69) is 0 Å². The number of Topliss-reactive ketones (excluding diaryl/α,β-unsaturated/α-hetero) is 1. The molecule has 1 heterocycles. The molecule has 0 radical (unpaired) electrons. The van der Waals surface area contributed by atoms with E-state index in [0.717, 1.165) is 0 Å². The number of hydrogen-bond donors (Lipinski definition) is 0. The lowest BCUT2D eigenvalue weighted by Crippen LogP contribution is -2.45. The third-order valence-corrected chi connectivity index (χ3v) is 2.33. The van der Waals surface area contributed by atoms with Gasteiger partial charge >= 0.3 is 5.97 Å². The van der Waals surface area contributed by atoms with E-state index < -0.39 is 11.6 Å². The van der Waals surface area contributed by atoms with Crippen LogP contribution < -0.4 is 0 Å². The van der Waals surface area contributed by atoms with Crippen molar-refractivity contribution in [2.24, 2.45) is 0 Å². The number of carbonyl (C=O) groups is 2. The lowest BCUT2D eigenvalue weighted by atomic mass is 9.96. The fourth-order valence-corrected chi connectivity index (χ4v) is 1.28. The molecule has 0 bridgehead atoms. The summed E-state index contributed by atoms with van der Waals surface area (Å²) in [7, 11) is 0. The molecule has 0 aliphatic carbocycles. The van der Waals surface area contributed by atoms with E-state index >= 15 is 0 Å². The molecule has 0 saturated carbocycles. The van der Waals surface area contributed by atoms with Crippen molar-refractivity contribution in [3.8, 4) is 0 Å². The van der Waals surface area contributed by atoms with Gasteiger partial charge < -0.3 is 9.47 Å². The molecule has 1 atom stereocenters. The van der Waals surface area contributed by atoms with Crippen molar-refractivity contribution in [1.29, 1.82) is 0 Å². The van der Waals surface area contributed by atoms with Crippen molar-refractivity contribution in [1.82, 2.24) is 0 Å². The Morgan fingerprint density at radius 1 is 1.71 bits per heavy atom. The number of ketones is 1. The van der Waals surface area contributed by atoms with Crippen LogP contribution >= 0.6 is 11.6 Å². The van der Waals surface area contributed by atoms with Gasteiger partial charge in [-0.25, -0.2) is 4.79 Å². The molecule has 80 valence electrons. The largest absolute Gasteiger partial charge is 0.462 e. The average molecular weight is 221 g/mol. The van der Waals surface area contributed by atoms with Crippen LogP contribution in [-0.2, 0) is 19.1 Å². The molecule has 1 rings (SSSR count). The van der Waals surface area contributed by atoms with Crippen LogP contribution in [0, 0.1) is 0 Å². The minimum Gasteiger partial charge on any atom is -0.462 e. The van der Waals surface area contributed by atoms with Gasteiger partial charge in [-0.1, -0.05) is 0 Å². The zero-order valence-corrected chi connectivity index (χ0v) is 8.80. The first-order valence-electron chi connectivity index (χ1n) is 4.47. The van der Waals surface area contributed by atoms with Crippen LogP contribution in [0.3, 0.4) is 0 Å². The molecule has 0 aromatic carbocycles. The Hall–Kier alpha value is -0.610. The smallest absolute Gasteiger partial charge is 0.338 e. The van der Waals surface area contributed by atoms with Gasteiger partial charge in [0.05, 0.1) is 5.88 Å². The molecular formula is C9H13ClO4. The molecule has 1 unspecified atom stereocenters. The maximum absolute atomic E-state index is 11.5. The number of alkyl halides is 1. The van der Waals surface area contributed by atoms with Gasteiger partial charge in [-0.05, 0) is 13.3 Å². The van der Waals surface area contributed by atoms with Crippen LogP contribution in [0.4, 0.5) is 0 Å². The highest BCUT2D eigenvalue weighted by Crippen LogP contribution is 2.24. The van der Waals surface area contributed by atoms with Crippen molar-refractivity contribution >= 4 is 23.4 Å². The van der Waals surface area contributed by atoms with Gasteiger partial charge in [-0.15, -0.1) is 11.6 Å². The van der Waals surface area contributed by atoms with Crippen LogP contribution in [0.5, 0.6) is 0 Å². The summed E-state index contributed by atoms with van der Waals surface area (Å²) in [5, 5.41) is 0. The van der Waals surface area contributed by atoms with Crippen LogP contribution in [0.1, 0.15) is 19.8 Å². The molecular weight excluding hydrogens is 208 g/mol. The summed E-state index contributed by atoms with van der Waals surface area (Å²) in [5.41, 5.74) is -0.972. The van der Waals surface area contributed by atoms with Gasteiger partial charge in [0.1, 0.15) is 13.2 Å². The fraction of sp³-hybridized carbons (Fsp3) is 0.778. The monoisotopic (exact) mass is 220 g/mol. The lowest BCUT2D eigenvalue weighted by molar-refractivity contribution is -0.176. The van der Waals surface area contributed by atoms with E-state index in [0.29, 0.717) is 12.8 Å². The first-order chi connectivity index (χ1) is 6.58. The van der Waals surface area contributed by atoms with Crippen molar-refractivity contribution in [2.75, 3.05) is 19.1 Å². The molecule has 14 heavy (non-hydrogen) atoms. The van der Waals surface area contributed by atoms with Crippen molar-refractivity contribution in [3.63, 3.8) is 0 Å². The summed E-state index contributed by atoms with van der Waals surface area (Å²) in [4.78, 5) is 22.4. The second kappa shape index (κ2) is 4.75. The second-order valence-corrected chi connectivity index (χ2v) is 3.76. The molecule has 0 spiro atoms. The fourth-order valence-electron chi connectivity index (χ4n) is 1.21. The molecule has 0 aromatic heterocycles. The Kier molecular flexibility index (Phi) is 3.89. The molecule has 5 heteroatoms. The summed E-state index contributed by atoms with van der Waals surface area (Å²) >= 11 is 5.38. The number of halogens is 1. The van der Waals surface area contributed by atoms with E-state index in [1.807, 2.05) is 0 Å². The minimum absolute atomic E-state index is 0.00747. The molecule has 1 fully saturated rings. The molecule has 4 nitrogen and oxygen atoms in total. The minimum atomic E-state index is -0.972. The quantitative estimate of drug-likeness (QED) is 0.524. The zero-order chi connectivity index (χ0) is 10.6. The third-order valence-electron chi connectivity index (χ3n) is 2.17. The number of carbonyl (C=O) groups excluding carboxylic acids is 2. The third kappa shape index (κ3) is 2.69. The van der Waals surface area contributed by atoms with E-state index in [-0.39, 0.29) is 24.9 Å². The van der Waals surface area contributed by atoms with Gasteiger partial charge in [0.25, 0.3) is 0 Å². The summed E-state index contributed by atoms with van der Waals surface area (Å²) in [6.07, 6.45) is 0.749. The molecule has 0 N–H and O–H groups in total. The van der Waals surface area contributed by atoms with Gasteiger partial charge in [-0.2, -0.15) is 0 Å². The summed E-state index contributed by atoms with van der Waals surface area (Å²) in [6.45, 7) is 1.80. The SMILES string of the molecule is CC1(C(=O)OCCCl)CCC(=O)CO1. The zero-order valence-electron chi connectivity index (χ0n) is 8.05.